The number of hydrogen-bond acceptors (Lipinski definition) is 4. The van der Waals surface area contributed by atoms with Gasteiger partial charge in [0.25, 0.3) is 11.6 Å². The summed E-state index contributed by atoms with van der Waals surface area (Å²) in [7, 11) is 3.65. The number of rotatable bonds is 4. The average Bonchev–Trinajstić information content (AvgIpc) is 3.01. The number of carbonyl (C=O) groups is 1. The van der Waals surface area contributed by atoms with Crippen LogP contribution in [0, 0.1) is 17.3 Å². The fraction of sp³-hybridized carbons (Fsp3) is 0.636. The summed E-state index contributed by atoms with van der Waals surface area (Å²) in [6.07, 6.45) is -3.01. The minimum Gasteiger partial charge on any atom is -0.378 e. The molecule has 3 rings (SSSR count). The predicted octanol–water partition coefficient (Wildman–Crippen LogP) is 4.67. The highest BCUT2D eigenvalue weighted by Gasteiger charge is 2.69. The van der Waals surface area contributed by atoms with Gasteiger partial charge >= 0.3 is 6.18 Å². The molecule has 30 heavy (non-hydrogen) atoms. The Hall–Kier alpha value is -2.09. The van der Waals surface area contributed by atoms with Gasteiger partial charge in [0.2, 0.25) is 0 Å². The van der Waals surface area contributed by atoms with Crippen molar-refractivity contribution in [3.8, 4) is 0 Å². The largest absolute Gasteiger partial charge is 0.439 e. The number of anilines is 1. The number of aliphatic hydroxyl groups is 1. The molecule has 2 aliphatic rings. The summed E-state index contributed by atoms with van der Waals surface area (Å²) in [5, 5.41) is 15.3. The van der Waals surface area contributed by atoms with Gasteiger partial charge < -0.3 is 10.0 Å². The van der Waals surface area contributed by atoms with Gasteiger partial charge in [0.05, 0.1) is 5.92 Å². The number of hydrogen-bond donors (Lipinski definition) is 1. The highest BCUT2D eigenvalue weighted by Crippen LogP contribution is 2.52. The number of fused-ring (bicyclic) bond motifs is 1. The average molecular weight is 425 g/mol. The quantitative estimate of drug-likeness (QED) is 0.763. The molecule has 1 heterocycles. The third-order valence-corrected chi connectivity index (χ3v) is 6.97. The lowest BCUT2D eigenvalue weighted by atomic mass is 9.64. The number of amides is 1. The van der Waals surface area contributed by atoms with Crippen molar-refractivity contribution in [1.29, 1.82) is 0 Å². The molecule has 1 amide bonds. The van der Waals surface area contributed by atoms with Crippen LogP contribution in [0.25, 0.3) is 0 Å². The number of alkyl halides is 3. The van der Waals surface area contributed by atoms with Crippen molar-refractivity contribution in [1.82, 2.24) is 5.01 Å². The fourth-order valence-electron chi connectivity index (χ4n) is 4.44. The van der Waals surface area contributed by atoms with Crippen molar-refractivity contribution >= 4 is 17.3 Å². The van der Waals surface area contributed by atoms with Crippen LogP contribution in [0.15, 0.2) is 29.4 Å². The van der Waals surface area contributed by atoms with Gasteiger partial charge in [0.15, 0.2) is 0 Å². The van der Waals surface area contributed by atoms with Crippen LogP contribution in [0.4, 0.5) is 18.9 Å². The Morgan fingerprint density at radius 3 is 2.37 bits per heavy atom. The van der Waals surface area contributed by atoms with Gasteiger partial charge in [-0.15, -0.1) is 0 Å². The van der Waals surface area contributed by atoms with Gasteiger partial charge in [-0.2, -0.15) is 23.3 Å². The van der Waals surface area contributed by atoms with Gasteiger partial charge in [-0.25, -0.2) is 0 Å². The smallest absolute Gasteiger partial charge is 0.378 e. The lowest BCUT2D eigenvalue weighted by Gasteiger charge is -2.43. The van der Waals surface area contributed by atoms with Crippen molar-refractivity contribution < 1.29 is 23.1 Å². The van der Waals surface area contributed by atoms with Crippen molar-refractivity contribution in [3.63, 3.8) is 0 Å². The van der Waals surface area contributed by atoms with E-state index in [9.17, 15) is 23.1 Å². The van der Waals surface area contributed by atoms with Crippen LogP contribution in [0.5, 0.6) is 0 Å². The zero-order valence-electron chi connectivity index (χ0n) is 18.1. The van der Waals surface area contributed by atoms with E-state index in [1.54, 1.807) is 12.1 Å². The third kappa shape index (κ3) is 3.59. The number of hydrazone groups is 1. The van der Waals surface area contributed by atoms with Gasteiger partial charge in [-0.1, -0.05) is 27.2 Å². The maximum Gasteiger partial charge on any atom is 0.439 e. The number of carbonyl (C=O) groups excluding carboxylic acids is 1. The summed E-state index contributed by atoms with van der Waals surface area (Å²) in [6.45, 7) is 6.09. The second-order valence-electron chi connectivity index (χ2n) is 9.24. The van der Waals surface area contributed by atoms with E-state index >= 15 is 0 Å². The molecule has 0 spiro atoms. The molecule has 1 fully saturated rings. The fourth-order valence-corrected chi connectivity index (χ4v) is 4.44. The minimum absolute atomic E-state index is 0.00903. The third-order valence-electron chi connectivity index (χ3n) is 6.97. The van der Waals surface area contributed by atoms with E-state index in [0.717, 1.165) is 12.1 Å². The Bertz CT molecular complexity index is 833. The van der Waals surface area contributed by atoms with E-state index < -0.39 is 23.7 Å². The van der Waals surface area contributed by atoms with Crippen LogP contribution in [-0.4, -0.2) is 47.7 Å². The highest BCUT2D eigenvalue weighted by molar-refractivity contribution is 5.99. The zero-order chi connectivity index (χ0) is 22.5. The molecule has 1 aliphatic heterocycles. The first kappa shape index (κ1) is 22.6. The van der Waals surface area contributed by atoms with Crippen LogP contribution in [0.3, 0.4) is 0 Å². The predicted molar refractivity (Wildman–Crippen MR) is 110 cm³/mol. The van der Waals surface area contributed by atoms with Crippen LogP contribution < -0.4 is 4.90 Å². The van der Waals surface area contributed by atoms with Crippen LogP contribution in [-0.2, 0) is 0 Å². The summed E-state index contributed by atoms with van der Waals surface area (Å²) in [4.78, 5) is 14.8. The molecule has 0 aromatic heterocycles. The van der Waals surface area contributed by atoms with Crippen LogP contribution in [0.2, 0.25) is 0 Å². The topological polar surface area (TPSA) is 56.1 Å². The molecule has 1 aromatic carbocycles. The molecule has 166 valence electrons. The molecule has 1 N–H and O–H groups in total. The van der Waals surface area contributed by atoms with Crippen molar-refractivity contribution in [2.75, 3.05) is 19.0 Å². The Morgan fingerprint density at radius 2 is 1.87 bits per heavy atom. The molecular formula is C22H30F3N3O2. The molecule has 0 saturated heterocycles. The first-order valence-electron chi connectivity index (χ1n) is 10.3. The number of halogens is 3. The first-order chi connectivity index (χ1) is 13.8. The molecular weight excluding hydrogens is 395 g/mol. The number of nitrogens with zero attached hydrogens (tertiary/aromatic N) is 3. The summed E-state index contributed by atoms with van der Waals surface area (Å²) in [6, 6.07) is 6.21. The summed E-state index contributed by atoms with van der Waals surface area (Å²) in [5.74, 6) is -2.19. The summed E-state index contributed by atoms with van der Waals surface area (Å²) in [5.41, 5.74) is -2.36. The molecule has 0 unspecified atom stereocenters. The number of benzene rings is 1. The second kappa shape index (κ2) is 7.55. The van der Waals surface area contributed by atoms with Gasteiger partial charge in [-0.05, 0) is 54.9 Å². The monoisotopic (exact) mass is 425 g/mol. The normalized spacial score (nSPS) is 27.0. The second-order valence-corrected chi connectivity index (χ2v) is 9.24. The van der Waals surface area contributed by atoms with E-state index in [2.05, 4.69) is 5.10 Å². The van der Waals surface area contributed by atoms with Crippen LogP contribution in [0.1, 0.15) is 56.8 Å². The van der Waals surface area contributed by atoms with Gasteiger partial charge in [0.1, 0.15) is 0 Å². The van der Waals surface area contributed by atoms with Gasteiger partial charge in [0, 0.05) is 31.1 Å². The van der Waals surface area contributed by atoms with E-state index in [4.69, 9.17) is 0 Å². The Morgan fingerprint density at radius 1 is 1.27 bits per heavy atom. The molecule has 1 saturated carbocycles. The van der Waals surface area contributed by atoms with Gasteiger partial charge in [-0.3, -0.25) is 4.79 Å². The SMILES string of the molecule is CCC(C)(C)[C@@H]1CCC2=NN(C(=O)c3ccc(N(C)C)cc3)[C@@](O)(C(F)(F)F)[C@@H]2C1. The Balaban J connectivity index is 1.97. The molecule has 3 atom stereocenters. The zero-order valence-corrected chi connectivity index (χ0v) is 18.1. The van der Waals surface area contributed by atoms with E-state index in [-0.39, 0.29) is 34.0 Å². The van der Waals surface area contributed by atoms with E-state index in [1.165, 1.54) is 12.1 Å². The molecule has 8 heteroatoms. The molecule has 0 radical (unpaired) electrons. The van der Waals surface area contributed by atoms with Crippen molar-refractivity contribution in [2.24, 2.45) is 22.4 Å². The summed E-state index contributed by atoms with van der Waals surface area (Å²) < 4.78 is 42.6. The lowest BCUT2D eigenvalue weighted by molar-refractivity contribution is -0.314. The van der Waals surface area contributed by atoms with Crippen molar-refractivity contribution in [3.05, 3.63) is 29.8 Å². The van der Waals surface area contributed by atoms with E-state index in [1.807, 2.05) is 39.8 Å². The molecule has 1 aromatic rings. The molecule has 0 bridgehead atoms. The maximum absolute atomic E-state index is 14.2. The molecule has 5 nitrogen and oxygen atoms in total. The Labute approximate surface area is 175 Å². The standard InChI is InChI=1S/C22H30F3N3O2/c1-6-20(2,3)15-9-12-18-17(13-15)21(30,22(23,24)25)28(26-18)19(29)14-7-10-16(11-8-14)27(4)5/h7-8,10-11,15,17,30H,6,9,12-13H2,1-5H3/t15-,17-,21+/m1/s1. The van der Waals surface area contributed by atoms with Crippen LogP contribution >= 0.6 is 0 Å². The maximum atomic E-state index is 14.2. The minimum atomic E-state index is -5.03. The molecule has 1 aliphatic carbocycles. The highest BCUT2D eigenvalue weighted by atomic mass is 19.4. The summed E-state index contributed by atoms with van der Waals surface area (Å²) >= 11 is 0. The lowest BCUT2D eigenvalue weighted by Crippen LogP contribution is -2.62. The first-order valence-corrected chi connectivity index (χ1v) is 10.3. The van der Waals surface area contributed by atoms with Crippen molar-refractivity contribution in [2.45, 2.75) is 58.4 Å². The van der Waals surface area contributed by atoms with E-state index in [0.29, 0.717) is 12.8 Å². The Kier molecular flexibility index (Phi) is 5.69.